The Hall–Kier alpha value is -4.14. The molecule has 6 aromatic rings. The molecule has 8 rings (SSSR count). The molecular formula is C34H36N8. The third kappa shape index (κ3) is 4.74. The number of aromatic amines is 2. The SMILES string of the molecule is CN[C@@H]1C[C@@H]1CCc1nc2ccc(-c3ccc4nc(-c5ccc6nc(CC[C@H]7C(C)[C@H]7N)[nH]c6c5)ccc4n3)cc2[nH]1. The smallest absolute Gasteiger partial charge is 0.107 e. The summed E-state index contributed by atoms with van der Waals surface area (Å²) in [6, 6.07) is 21.9. The molecule has 8 nitrogen and oxygen atoms in total. The third-order valence-electron chi connectivity index (χ3n) is 9.59. The summed E-state index contributed by atoms with van der Waals surface area (Å²) in [4.78, 5) is 26.6. The molecular weight excluding hydrogens is 520 g/mol. The van der Waals surface area contributed by atoms with Crippen molar-refractivity contribution >= 4 is 33.1 Å². The third-order valence-corrected chi connectivity index (χ3v) is 9.59. The first kappa shape index (κ1) is 25.6. The molecule has 8 heteroatoms. The number of fused-ring (bicyclic) bond motifs is 3. The summed E-state index contributed by atoms with van der Waals surface area (Å²) in [5.74, 6) is 4.13. The lowest BCUT2D eigenvalue weighted by Gasteiger charge is -2.06. The van der Waals surface area contributed by atoms with Crippen LogP contribution < -0.4 is 11.1 Å². The minimum Gasteiger partial charge on any atom is -0.342 e. The van der Waals surface area contributed by atoms with Crippen molar-refractivity contribution in [3.63, 3.8) is 0 Å². The minimum atomic E-state index is 0.354. The standard InChI is InChI=1S/C34H36N8/c1-18-22(34(18)35)6-14-33-40-28-8-4-20(17-31(28)42-33)24-10-12-25-26(38-24)11-9-23(37-25)19-3-7-27-30(16-19)41-32(39-27)13-5-21-15-29(21)36-2/h3-4,7-12,16-18,21-22,29,34,36H,5-6,13-15,35H2,1-2H3,(H,39,41)(H,40,42)/t18?,21-,22-,29+,34+/m0/s1. The Balaban J connectivity index is 1.000. The molecule has 0 spiro atoms. The van der Waals surface area contributed by atoms with Crippen molar-refractivity contribution in [2.45, 2.75) is 51.1 Å². The van der Waals surface area contributed by atoms with Crippen LogP contribution in [0.2, 0.25) is 0 Å². The van der Waals surface area contributed by atoms with E-state index in [0.29, 0.717) is 23.9 Å². The van der Waals surface area contributed by atoms with E-state index in [-0.39, 0.29) is 0 Å². The van der Waals surface area contributed by atoms with Crippen LogP contribution in [-0.4, -0.2) is 49.0 Å². The zero-order valence-electron chi connectivity index (χ0n) is 24.1. The molecule has 5 atom stereocenters. The Morgan fingerprint density at radius 3 is 1.76 bits per heavy atom. The highest BCUT2D eigenvalue weighted by Crippen LogP contribution is 2.40. The summed E-state index contributed by atoms with van der Waals surface area (Å²) >= 11 is 0. The molecule has 2 saturated carbocycles. The Morgan fingerprint density at radius 2 is 1.26 bits per heavy atom. The highest BCUT2D eigenvalue weighted by Gasteiger charge is 2.42. The van der Waals surface area contributed by atoms with Gasteiger partial charge in [-0.15, -0.1) is 0 Å². The Labute approximate surface area is 244 Å². The first-order valence-corrected chi connectivity index (χ1v) is 15.2. The van der Waals surface area contributed by atoms with E-state index >= 15 is 0 Å². The molecule has 0 aliphatic heterocycles. The number of nitrogens with one attached hydrogen (secondary N) is 3. The first-order chi connectivity index (χ1) is 20.5. The second kappa shape index (κ2) is 10.00. The molecule has 4 heterocycles. The van der Waals surface area contributed by atoms with Crippen molar-refractivity contribution in [3.8, 4) is 22.5 Å². The van der Waals surface area contributed by atoms with Gasteiger partial charge >= 0.3 is 0 Å². The molecule has 0 bridgehead atoms. The van der Waals surface area contributed by atoms with Gasteiger partial charge in [-0.3, -0.25) is 0 Å². The van der Waals surface area contributed by atoms with E-state index in [1.807, 2.05) is 7.05 Å². The maximum atomic E-state index is 6.11. The summed E-state index contributed by atoms with van der Waals surface area (Å²) < 4.78 is 0. The van der Waals surface area contributed by atoms with Crippen molar-refractivity contribution in [1.82, 2.24) is 35.2 Å². The number of H-pyrrole nitrogens is 2. The summed E-state index contributed by atoms with van der Waals surface area (Å²) in [7, 11) is 2.05. The van der Waals surface area contributed by atoms with Crippen molar-refractivity contribution in [2.75, 3.05) is 7.05 Å². The van der Waals surface area contributed by atoms with Gasteiger partial charge in [0.2, 0.25) is 0 Å². The van der Waals surface area contributed by atoms with Crippen LogP contribution in [-0.2, 0) is 12.8 Å². The molecule has 0 radical (unpaired) electrons. The average Bonchev–Trinajstić information content (AvgIpc) is 3.75. The molecule has 2 fully saturated rings. The number of rotatable bonds is 9. The quantitative estimate of drug-likeness (QED) is 0.179. The molecule has 2 aliphatic carbocycles. The van der Waals surface area contributed by atoms with E-state index in [1.54, 1.807) is 0 Å². The fourth-order valence-corrected chi connectivity index (χ4v) is 6.59. The molecule has 1 unspecified atom stereocenters. The average molecular weight is 557 g/mol. The van der Waals surface area contributed by atoms with E-state index < -0.39 is 0 Å². The van der Waals surface area contributed by atoms with Gasteiger partial charge in [0.05, 0.1) is 44.5 Å². The molecule has 0 saturated heterocycles. The van der Waals surface area contributed by atoms with Crippen LogP contribution in [0.1, 0.15) is 37.8 Å². The van der Waals surface area contributed by atoms with Gasteiger partial charge in [-0.2, -0.15) is 0 Å². The molecule has 5 N–H and O–H groups in total. The van der Waals surface area contributed by atoms with Gasteiger partial charge in [-0.05, 0) is 92.6 Å². The molecule has 212 valence electrons. The Kier molecular flexibility index (Phi) is 6.08. The van der Waals surface area contributed by atoms with Crippen molar-refractivity contribution in [1.29, 1.82) is 0 Å². The van der Waals surface area contributed by atoms with Gasteiger partial charge < -0.3 is 21.0 Å². The predicted molar refractivity (Wildman–Crippen MR) is 168 cm³/mol. The second-order valence-electron chi connectivity index (χ2n) is 12.3. The van der Waals surface area contributed by atoms with Crippen molar-refractivity contribution in [2.24, 2.45) is 23.5 Å². The van der Waals surface area contributed by atoms with Crippen molar-refractivity contribution < 1.29 is 0 Å². The van der Waals surface area contributed by atoms with E-state index in [0.717, 1.165) is 92.4 Å². The topological polar surface area (TPSA) is 121 Å². The predicted octanol–water partition coefficient (Wildman–Crippen LogP) is 5.78. The normalized spacial score (nSPS) is 23.3. The number of pyridine rings is 2. The summed E-state index contributed by atoms with van der Waals surface area (Å²) in [6.45, 7) is 2.23. The zero-order valence-corrected chi connectivity index (χ0v) is 24.1. The summed E-state index contributed by atoms with van der Waals surface area (Å²) in [5.41, 5.74) is 15.9. The Morgan fingerprint density at radius 1 is 0.738 bits per heavy atom. The second-order valence-corrected chi connectivity index (χ2v) is 12.3. The first-order valence-electron chi connectivity index (χ1n) is 15.2. The van der Waals surface area contributed by atoms with E-state index in [4.69, 9.17) is 25.7 Å². The number of hydrogen-bond acceptors (Lipinski definition) is 6. The molecule has 42 heavy (non-hydrogen) atoms. The largest absolute Gasteiger partial charge is 0.342 e. The highest BCUT2D eigenvalue weighted by molar-refractivity contribution is 5.86. The van der Waals surface area contributed by atoms with Gasteiger partial charge in [-0.25, -0.2) is 19.9 Å². The van der Waals surface area contributed by atoms with Gasteiger partial charge in [0, 0.05) is 36.1 Å². The van der Waals surface area contributed by atoms with Crippen molar-refractivity contribution in [3.05, 3.63) is 72.3 Å². The molecule has 2 aromatic carbocycles. The van der Waals surface area contributed by atoms with Crippen LogP contribution in [0.3, 0.4) is 0 Å². The minimum absolute atomic E-state index is 0.354. The number of imidazole rings is 2. The van der Waals surface area contributed by atoms with Crippen LogP contribution in [0.15, 0.2) is 60.7 Å². The van der Waals surface area contributed by atoms with Crippen LogP contribution in [0.4, 0.5) is 0 Å². The van der Waals surface area contributed by atoms with E-state index in [1.165, 1.54) is 12.8 Å². The van der Waals surface area contributed by atoms with E-state index in [9.17, 15) is 0 Å². The van der Waals surface area contributed by atoms with Gasteiger partial charge in [-0.1, -0.05) is 19.1 Å². The molecule has 4 aromatic heterocycles. The lowest BCUT2D eigenvalue weighted by Crippen LogP contribution is -2.11. The monoisotopic (exact) mass is 556 g/mol. The summed E-state index contributed by atoms with van der Waals surface area (Å²) in [6.07, 6.45) is 5.46. The number of aryl methyl sites for hydroxylation is 2. The number of nitrogens with zero attached hydrogens (tertiary/aromatic N) is 4. The molecule has 0 amide bonds. The highest BCUT2D eigenvalue weighted by atomic mass is 14.9. The van der Waals surface area contributed by atoms with E-state index in [2.05, 4.69) is 82.9 Å². The lowest BCUT2D eigenvalue weighted by atomic mass is 10.1. The van der Waals surface area contributed by atoms with Gasteiger partial charge in [0.25, 0.3) is 0 Å². The maximum absolute atomic E-state index is 6.11. The fraction of sp³-hybridized carbons (Fsp3) is 0.353. The van der Waals surface area contributed by atoms with Gasteiger partial charge in [0.15, 0.2) is 0 Å². The Bertz CT molecular complexity index is 1930. The van der Waals surface area contributed by atoms with Crippen LogP contribution >= 0.6 is 0 Å². The van der Waals surface area contributed by atoms with Crippen LogP contribution in [0, 0.1) is 17.8 Å². The molecule has 2 aliphatic rings. The number of benzene rings is 2. The lowest BCUT2D eigenvalue weighted by molar-refractivity contribution is 0.642. The van der Waals surface area contributed by atoms with Crippen LogP contribution in [0.5, 0.6) is 0 Å². The van der Waals surface area contributed by atoms with Gasteiger partial charge in [0.1, 0.15) is 11.6 Å². The number of hydrogen-bond donors (Lipinski definition) is 4. The zero-order chi connectivity index (χ0) is 28.4. The summed E-state index contributed by atoms with van der Waals surface area (Å²) in [5, 5.41) is 3.37. The maximum Gasteiger partial charge on any atom is 0.107 e. The number of nitrogens with two attached hydrogens (primary N) is 1. The fourth-order valence-electron chi connectivity index (χ4n) is 6.59. The number of aromatic nitrogens is 6. The van der Waals surface area contributed by atoms with Crippen LogP contribution in [0.25, 0.3) is 55.6 Å².